The molecule has 0 unspecified atom stereocenters. The van der Waals surface area contributed by atoms with Crippen molar-refractivity contribution in [1.82, 2.24) is 19.9 Å². The molecule has 2 heterocycles. The van der Waals surface area contributed by atoms with Crippen LogP contribution in [0.5, 0.6) is 5.75 Å². The van der Waals surface area contributed by atoms with E-state index in [0.29, 0.717) is 22.3 Å². The van der Waals surface area contributed by atoms with Crippen molar-refractivity contribution in [3.63, 3.8) is 0 Å². The van der Waals surface area contributed by atoms with Crippen LogP contribution in [-0.4, -0.2) is 27.0 Å². The average Bonchev–Trinajstić information content (AvgIpc) is 2.58. The minimum absolute atomic E-state index is 0.242. The normalized spacial score (nSPS) is 10.4. The third kappa shape index (κ3) is 2.99. The molecule has 7 heteroatoms. The molecule has 0 atom stereocenters. The third-order valence-corrected chi connectivity index (χ3v) is 3.90. The number of H-pyrrole nitrogens is 1. The zero-order valence-electron chi connectivity index (χ0n) is 11.7. The lowest BCUT2D eigenvalue weighted by Crippen LogP contribution is -2.11. The molecule has 0 amide bonds. The van der Waals surface area contributed by atoms with Gasteiger partial charge in [0.1, 0.15) is 5.75 Å². The van der Waals surface area contributed by atoms with E-state index in [1.54, 1.807) is 25.6 Å². The number of ether oxygens (including phenoxy) is 1. The molecular weight excluding hydrogens is 300 g/mol. The van der Waals surface area contributed by atoms with Gasteiger partial charge in [0.25, 0.3) is 5.56 Å². The number of hydrogen-bond donors (Lipinski definition) is 1. The zero-order chi connectivity index (χ0) is 15.4. The molecule has 3 aromatic rings. The van der Waals surface area contributed by atoms with Gasteiger partial charge in [-0.3, -0.25) is 4.79 Å². The maximum Gasteiger partial charge on any atom is 0.265 e. The van der Waals surface area contributed by atoms with Crippen molar-refractivity contribution in [3.8, 4) is 17.4 Å². The van der Waals surface area contributed by atoms with Crippen LogP contribution in [0.2, 0.25) is 0 Å². The van der Waals surface area contributed by atoms with Gasteiger partial charge in [0, 0.05) is 18.6 Å². The summed E-state index contributed by atoms with van der Waals surface area (Å²) in [5.74, 6) is 1.44. The summed E-state index contributed by atoms with van der Waals surface area (Å²) >= 11 is 1.30. The van der Waals surface area contributed by atoms with Gasteiger partial charge in [-0.25, -0.2) is 15.0 Å². The highest BCUT2D eigenvalue weighted by Gasteiger charge is 2.10. The number of nitrogens with one attached hydrogen (secondary N) is 1. The second kappa shape index (κ2) is 6.40. The van der Waals surface area contributed by atoms with Crippen molar-refractivity contribution >= 4 is 11.8 Å². The van der Waals surface area contributed by atoms with Crippen LogP contribution in [0.25, 0.3) is 11.6 Å². The highest BCUT2D eigenvalue weighted by molar-refractivity contribution is 7.99. The van der Waals surface area contributed by atoms with E-state index in [2.05, 4.69) is 19.9 Å². The van der Waals surface area contributed by atoms with E-state index >= 15 is 0 Å². The Bertz CT molecular complexity index is 836. The Morgan fingerprint density at radius 1 is 1.05 bits per heavy atom. The first-order valence-corrected chi connectivity index (χ1v) is 7.27. The molecule has 1 N–H and O–H groups in total. The van der Waals surface area contributed by atoms with Gasteiger partial charge in [-0.2, -0.15) is 0 Å². The Morgan fingerprint density at radius 2 is 1.82 bits per heavy atom. The van der Waals surface area contributed by atoms with Gasteiger partial charge < -0.3 is 9.72 Å². The number of aromatic amines is 1. The average molecular weight is 312 g/mol. The number of rotatable bonds is 4. The fourth-order valence-electron chi connectivity index (χ4n) is 1.81. The van der Waals surface area contributed by atoms with E-state index in [4.69, 9.17) is 4.74 Å². The van der Waals surface area contributed by atoms with Crippen molar-refractivity contribution in [1.29, 1.82) is 0 Å². The molecule has 0 saturated heterocycles. The predicted octanol–water partition coefficient (Wildman–Crippen LogP) is 2.39. The minimum atomic E-state index is -0.242. The molecule has 3 rings (SSSR count). The first-order valence-electron chi connectivity index (χ1n) is 6.45. The summed E-state index contributed by atoms with van der Waals surface area (Å²) < 4.78 is 5.28. The Balaban J connectivity index is 1.92. The van der Waals surface area contributed by atoms with Crippen LogP contribution in [0.15, 0.2) is 63.5 Å². The molecule has 6 nitrogen and oxygen atoms in total. The quantitative estimate of drug-likeness (QED) is 0.796. The van der Waals surface area contributed by atoms with Crippen molar-refractivity contribution in [3.05, 3.63) is 59.3 Å². The summed E-state index contributed by atoms with van der Waals surface area (Å²) in [5.41, 5.74) is -0.242. The Hall–Kier alpha value is -2.67. The smallest absolute Gasteiger partial charge is 0.265 e. The molecule has 0 spiro atoms. The fourth-order valence-corrected chi connectivity index (χ4v) is 2.70. The first kappa shape index (κ1) is 14.3. The molecule has 2 aromatic heterocycles. The van der Waals surface area contributed by atoms with Crippen LogP contribution in [-0.2, 0) is 0 Å². The number of hydrogen-bond acceptors (Lipinski definition) is 6. The lowest BCUT2D eigenvalue weighted by atomic mass is 10.3. The number of benzene rings is 1. The number of para-hydroxylation sites is 1. The van der Waals surface area contributed by atoms with E-state index in [-0.39, 0.29) is 5.56 Å². The Morgan fingerprint density at radius 3 is 2.55 bits per heavy atom. The topological polar surface area (TPSA) is 80.8 Å². The maximum atomic E-state index is 12.2. The lowest BCUT2D eigenvalue weighted by Gasteiger charge is -2.07. The number of methoxy groups -OCH3 is 1. The summed E-state index contributed by atoms with van der Waals surface area (Å²) in [6.07, 6.45) is 4.71. The standard InChI is InChI=1S/C15H12N4O2S/c1-21-10-5-2-3-6-11(10)22-12-9-18-14(19-15(12)20)13-16-7-4-8-17-13/h2-9H,1H3,(H,18,19,20). The van der Waals surface area contributed by atoms with Gasteiger partial charge in [-0.1, -0.05) is 23.9 Å². The van der Waals surface area contributed by atoms with E-state index in [9.17, 15) is 4.79 Å². The van der Waals surface area contributed by atoms with Crippen molar-refractivity contribution in [2.75, 3.05) is 7.11 Å². The van der Waals surface area contributed by atoms with Crippen LogP contribution >= 0.6 is 11.8 Å². The van der Waals surface area contributed by atoms with Crippen LogP contribution in [0, 0.1) is 0 Å². The third-order valence-electron chi connectivity index (χ3n) is 2.83. The molecule has 110 valence electrons. The SMILES string of the molecule is COc1ccccc1Sc1cnc(-c2ncccn2)[nH]c1=O. The lowest BCUT2D eigenvalue weighted by molar-refractivity contribution is 0.405. The summed E-state index contributed by atoms with van der Waals surface area (Å²) in [6.45, 7) is 0. The molecule has 0 fully saturated rings. The van der Waals surface area contributed by atoms with Crippen molar-refractivity contribution in [2.24, 2.45) is 0 Å². The van der Waals surface area contributed by atoms with Gasteiger partial charge in [-0.05, 0) is 18.2 Å². The molecule has 0 radical (unpaired) electrons. The van der Waals surface area contributed by atoms with E-state index in [0.717, 1.165) is 4.90 Å². The molecule has 0 aliphatic rings. The van der Waals surface area contributed by atoms with E-state index in [1.165, 1.54) is 18.0 Å². The molecular formula is C15H12N4O2S. The highest BCUT2D eigenvalue weighted by Crippen LogP contribution is 2.32. The second-order valence-electron chi connectivity index (χ2n) is 4.25. The monoisotopic (exact) mass is 312 g/mol. The maximum absolute atomic E-state index is 12.2. The van der Waals surface area contributed by atoms with Gasteiger partial charge >= 0.3 is 0 Å². The van der Waals surface area contributed by atoms with Gasteiger partial charge in [0.05, 0.1) is 16.9 Å². The first-order chi connectivity index (χ1) is 10.8. The molecule has 0 aliphatic carbocycles. The van der Waals surface area contributed by atoms with Crippen molar-refractivity contribution in [2.45, 2.75) is 9.79 Å². The summed E-state index contributed by atoms with van der Waals surface area (Å²) in [5, 5.41) is 0. The van der Waals surface area contributed by atoms with Crippen LogP contribution < -0.4 is 10.3 Å². The van der Waals surface area contributed by atoms with Crippen molar-refractivity contribution < 1.29 is 4.74 Å². The van der Waals surface area contributed by atoms with Gasteiger partial charge in [0.2, 0.25) is 0 Å². The van der Waals surface area contributed by atoms with E-state index < -0.39 is 0 Å². The Labute approximate surface area is 130 Å². The molecule has 22 heavy (non-hydrogen) atoms. The highest BCUT2D eigenvalue weighted by atomic mass is 32.2. The summed E-state index contributed by atoms with van der Waals surface area (Å²) in [7, 11) is 1.59. The number of aromatic nitrogens is 4. The largest absolute Gasteiger partial charge is 0.496 e. The van der Waals surface area contributed by atoms with E-state index in [1.807, 2.05) is 24.3 Å². The molecule has 0 bridgehead atoms. The predicted molar refractivity (Wildman–Crippen MR) is 83.0 cm³/mol. The summed E-state index contributed by atoms with van der Waals surface area (Å²) in [4.78, 5) is 28.6. The van der Waals surface area contributed by atoms with Crippen LogP contribution in [0.3, 0.4) is 0 Å². The Kier molecular flexibility index (Phi) is 4.15. The zero-order valence-corrected chi connectivity index (χ0v) is 12.5. The van der Waals surface area contributed by atoms with Crippen LogP contribution in [0.1, 0.15) is 0 Å². The molecule has 0 saturated carbocycles. The number of nitrogens with zero attached hydrogens (tertiary/aromatic N) is 3. The van der Waals surface area contributed by atoms with Gasteiger partial charge in [0.15, 0.2) is 11.6 Å². The fraction of sp³-hybridized carbons (Fsp3) is 0.0667. The molecule has 0 aliphatic heterocycles. The van der Waals surface area contributed by atoms with Gasteiger partial charge in [-0.15, -0.1) is 0 Å². The second-order valence-corrected chi connectivity index (χ2v) is 5.33. The van der Waals surface area contributed by atoms with Crippen LogP contribution in [0.4, 0.5) is 0 Å². The summed E-state index contributed by atoms with van der Waals surface area (Å²) in [6, 6.07) is 9.20. The molecule has 1 aromatic carbocycles. The minimum Gasteiger partial charge on any atom is -0.496 e.